The largest absolute Gasteiger partial charge is 1.00 e. The monoisotopic (exact) mass is 1700 g/mol. The normalized spacial score (nSPS) is 31.1. The minimum atomic E-state index is -1.07. The van der Waals surface area contributed by atoms with Crippen molar-refractivity contribution in [1.29, 1.82) is 0 Å². The number of quaternary nitrogens is 3. The third-order valence-corrected chi connectivity index (χ3v) is 23.2. The van der Waals surface area contributed by atoms with E-state index in [0.29, 0.717) is 77.4 Å². The van der Waals surface area contributed by atoms with Gasteiger partial charge in [0.05, 0.1) is 108 Å². The van der Waals surface area contributed by atoms with Gasteiger partial charge in [0.15, 0.2) is 18.3 Å². The molecular formula is C83H131Br3N6O16. The topological polar surface area (TPSA) is 290 Å². The summed E-state index contributed by atoms with van der Waals surface area (Å²) < 4.78 is 28.5. The van der Waals surface area contributed by atoms with E-state index in [-0.39, 0.29) is 150 Å². The minimum absolute atomic E-state index is 0. The van der Waals surface area contributed by atoms with Crippen LogP contribution in [-0.4, -0.2) is 195 Å². The number of rotatable bonds is 30. The molecule has 25 heteroatoms. The summed E-state index contributed by atoms with van der Waals surface area (Å²) in [5.74, 6) is -2.35. The van der Waals surface area contributed by atoms with Crippen molar-refractivity contribution in [3.05, 3.63) is 71.8 Å². The molecule has 108 heavy (non-hydrogen) atoms. The second-order valence-corrected chi connectivity index (χ2v) is 39.9. The molecule has 0 spiro atoms. The number of nitrogens with one attached hydrogen (secondary N) is 2. The Bertz CT molecular complexity index is 3330. The van der Waals surface area contributed by atoms with Gasteiger partial charge in [-0.2, -0.15) is 0 Å². The number of benzene rings is 2. The van der Waals surface area contributed by atoms with Crippen LogP contribution in [0.25, 0.3) is 0 Å². The van der Waals surface area contributed by atoms with Crippen LogP contribution in [0.3, 0.4) is 0 Å². The van der Waals surface area contributed by atoms with Crippen molar-refractivity contribution in [2.75, 3.05) is 83.1 Å². The van der Waals surface area contributed by atoms with Crippen LogP contribution < -0.4 is 67.3 Å². The Hall–Kier alpha value is -5.05. The maximum absolute atomic E-state index is 13.0. The van der Waals surface area contributed by atoms with Crippen LogP contribution in [0.2, 0.25) is 0 Å². The van der Waals surface area contributed by atoms with Crippen LogP contribution in [0.4, 0.5) is 0 Å². The molecule has 22 nitrogen and oxygen atoms in total. The Labute approximate surface area is 675 Å². The van der Waals surface area contributed by atoms with Gasteiger partial charge in [0, 0.05) is 29.5 Å². The van der Waals surface area contributed by atoms with Gasteiger partial charge in [-0.3, -0.25) is 43.2 Å². The number of amides is 2. The number of carboxylic acids is 2. The second kappa shape index (κ2) is 37.3. The SMILES string of the molecule is CC12CC3CC(C)(C1)CC(N)(C3)C2.CC12CC3CC(C)(C1)CC(NC(=O)CCC(=O)O[C@H](CC(=O)O)C[N+](C)(C)C)(C3)C2.CC12CC3CC(C)(C1)CC(NC(=O)CCC(=O)O[C@H](CC(=O)OCc1ccccc1)C[N+](C)(C)C)(C3)C2.C[N+](C)(C)C[C@@H](CC(=O)OCc1ccccc1)OC(=O)CCC(=O)O.[Br-].[Br-].[Br-]. The molecule has 0 radical (unpaired) electrons. The molecule has 9 atom stereocenters. The predicted molar refractivity (Wildman–Crippen MR) is 399 cm³/mol. The first-order valence-electron chi connectivity index (χ1n) is 38.7. The number of nitrogens with zero attached hydrogens (tertiary/aromatic N) is 3. The lowest BCUT2D eigenvalue weighted by atomic mass is 9.42. The van der Waals surface area contributed by atoms with E-state index in [9.17, 15) is 43.2 Å². The van der Waals surface area contributed by atoms with Gasteiger partial charge in [-0.15, -0.1) is 0 Å². The number of nitrogens with two attached hydrogens (primary N) is 1. The highest BCUT2D eigenvalue weighted by atomic mass is 79.9. The van der Waals surface area contributed by atoms with Crippen molar-refractivity contribution >= 4 is 53.6 Å². The smallest absolute Gasteiger partial charge is 0.310 e. The molecule has 0 aromatic heterocycles. The average molecular weight is 1710 g/mol. The van der Waals surface area contributed by atoms with E-state index in [4.69, 9.17) is 39.6 Å². The molecule has 2 aromatic rings. The number of carboxylic acid groups (broad SMARTS) is 2. The number of ether oxygens (including phenoxy) is 5. The number of hydrogen-bond donors (Lipinski definition) is 5. The summed E-state index contributed by atoms with van der Waals surface area (Å²) in [7, 11) is 17.4. The van der Waals surface area contributed by atoms with Crippen molar-refractivity contribution in [2.24, 2.45) is 56.0 Å². The molecule has 12 bridgehead atoms. The summed E-state index contributed by atoms with van der Waals surface area (Å²) >= 11 is 0. The van der Waals surface area contributed by atoms with Crippen molar-refractivity contribution < 1.29 is 141 Å². The summed E-state index contributed by atoms with van der Waals surface area (Å²) in [6.45, 7) is 16.1. The fourth-order valence-corrected chi connectivity index (χ4v) is 23.2. The van der Waals surface area contributed by atoms with Gasteiger partial charge in [-0.05, 0) is 177 Å². The lowest BCUT2D eigenvalue weighted by Gasteiger charge is -2.65. The standard InChI is InChI=1S/C30H44N2O5.C23H38N2O5.C18H25NO6.C12H21N.3BrH/c1-28-14-23-15-29(2,19-28)21-30(16-23,20-28)31-25(33)11-12-26(34)37-24(17-32(3,4)5)13-27(35)36-18-22-9-7-6-8-10-22;1-21-9-16-10-22(2,13-21)15-23(11-16,14-21)24-18(26)6-7-20(29)30-17(8-19(27)28)12-25(3,4)5;1-19(2,3)12-15(25-17(22)10-9-16(20)21)11-18(23)24-13-14-7-5-4-6-8-14;1-10-3-9-4-11(2,6-10)8-12(13,5-9)7-10;;;/h6-10,23-24H,11-21H2,1-5H3;16-17H,6-15H2,1-5H3,(H-,24,26,27,28);4-8,15H,9-13H2,1-3H3;9H,3-8,13H2,1-2H3;3*1H/t23?,24-,28?,29?,30?;16?,17-,21?,22?,23?;15-;;;;/m111..../s1. The summed E-state index contributed by atoms with van der Waals surface area (Å²) in [6.07, 6.45) is 19.5. The Balaban J connectivity index is 0.000000267. The highest BCUT2D eigenvalue weighted by molar-refractivity contribution is 5.83. The van der Waals surface area contributed by atoms with Gasteiger partial charge >= 0.3 is 41.8 Å². The van der Waals surface area contributed by atoms with Gasteiger partial charge in [0.2, 0.25) is 11.8 Å². The number of aliphatic carboxylic acids is 2. The highest BCUT2D eigenvalue weighted by Gasteiger charge is 2.63. The first-order chi connectivity index (χ1) is 48.5. The van der Waals surface area contributed by atoms with Crippen LogP contribution in [0, 0.1) is 50.2 Å². The molecule has 12 saturated carbocycles. The van der Waals surface area contributed by atoms with Crippen LogP contribution >= 0.6 is 0 Å². The third kappa shape index (κ3) is 29.8. The Kier molecular flexibility index (Phi) is 32.3. The summed E-state index contributed by atoms with van der Waals surface area (Å²) in [6, 6.07) is 18.8. The predicted octanol–water partition coefficient (Wildman–Crippen LogP) is 2.42. The van der Waals surface area contributed by atoms with Crippen molar-refractivity contribution in [1.82, 2.24) is 10.6 Å². The molecule has 0 aliphatic heterocycles. The Morgan fingerprint density at radius 2 is 0.676 bits per heavy atom. The maximum Gasteiger partial charge on any atom is 0.310 e. The van der Waals surface area contributed by atoms with Crippen molar-refractivity contribution in [2.45, 2.75) is 263 Å². The summed E-state index contributed by atoms with van der Waals surface area (Å²) in [4.78, 5) is 109. The molecule has 610 valence electrons. The highest BCUT2D eigenvalue weighted by Crippen LogP contribution is 2.68. The van der Waals surface area contributed by atoms with Crippen molar-refractivity contribution in [3.8, 4) is 0 Å². The number of likely N-dealkylation sites (N-methyl/N-ethyl adjacent to an activating group) is 3. The Morgan fingerprint density at radius 1 is 0.389 bits per heavy atom. The molecular weight excluding hydrogens is 1580 g/mol. The molecule has 6 N–H and O–H groups in total. The van der Waals surface area contributed by atoms with Crippen LogP contribution in [-0.2, 0) is 80.0 Å². The zero-order valence-electron chi connectivity index (χ0n) is 67.5. The molecule has 2 aromatic carbocycles. The van der Waals surface area contributed by atoms with Gasteiger partial charge in [-0.25, -0.2) is 0 Å². The first-order valence-corrected chi connectivity index (χ1v) is 38.7. The van der Waals surface area contributed by atoms with Crippen molar-refractivity contribution in [3.63, 3.8) is 0 Å². The third-order valence-electron chi connectivity index (χ3n) is 23.2. The molecule has 6 unspecified atom stereocenters. The lowest BCUT2D eigenvalue weighted by Crippen LogP contribution is -3.00. The second-order valence-electron chi connectivity index (χ2n) is 39.9. The molecule has 0 saturated heterocycles. The van der Waals surface area contributed by atoms with Gasteiger partial charge in [0.1, 0.15) is 32.8 Å². The summed E-state index contributed by atoms with van der Waals surface area (Å²) in [5, 5.41) is 24.4. The van der Waals surface area contributed by atoms with E-state index in [1.165, 1.54) is 77.0 Å². The molecule has 14 rings (SSSR count). The molecule has 12 aliphatic rings. The molecule has 12 aliphatic carbocycles. The number of carbonyl (C=O) groups is 9. The molecule has 12 fully saturated rings. The number of hydrogen-bond acceptors (Lipinski definition) is 15. The fourth-order valence-electron chi connectivity index (χ4n) is 23.2. The number of esters is 5. The van der Waals surface area contributed by atoms with Gasteiger partial charge in [0.25, 0.3) is 0 Å². The van der Waals surface area contributed by atoms with Crippen LogP contribution in [0.5, 0.6) is 0 Å². The summed E-state index contributed by atoms with van der Waals surface area (Å²) in [5.41, 5.74) is 10.7. The van der Waals surface area contributed by atoms with Gasteiger partial charge in [-0.1, -0.05) is 102 Å². The van der Waals surface area contributed by atoms with Crippen LogP contribution in [0.15, 0.2) is 60.7 Å². The van der Waals surface area contributed by atoms with E-state index in [2.05, 4.69) is 52.2 Å². The minimum Gasteiger partial charge on any atom is -1.00 e. The quantitative estimate of drug-likeness (QED) is 0.0426. The van der Waals surface area contributed by atoms with E-state index in [0.717, 1.165) is 55.6 Å². The van der Waals surface area contributed by atoms with E-state index >= 15 is 0 Å². The fraction of sp³-hybridized carbons (Fsp3) is 0.747. The van der Waals surface area contributed by atoms with E-state index in [1.54, 1.807) is 0 Å². The zero-order chi connectivity index (χ0) is 77.5. The number of carbonyl (C=O) groups excluding carboxylic acids is 7. The lowest BCUT2D eigenvalue weighted by molar-refractivity contribution is -0.873. The first kappa shape index (κ1) is 93.5. The van der Waals surface area contributed by atoms with Gasteiger partial charge < -0.3 is 115 Å². The molecule has 2 amide bonds. The Morgan fingerprint density at radius 3 is 0.944 bits per heavy atom. The molecule has 0 heterocycles. The maximum atomic E-state index is 13.0. The van der Waals surface area contributed by atoms with E-state index < -0.39 is 60.1 Å². The van der Waals surface area contributed by atoms with E-state index in [1.807, 2.05) is 124 Å². The zero-order valence-corrected chi connectivity index (χ0v) is 72.3. The van der Waals surface area contributed by atoms with Crippen LogP contribution in [0.1, 0.15) is 226 Å². The number of halogens is 3. The average Bonchev–Trinajstić information content (AvgIpc) is 0.736.